The number of nitrogens with zero attached hydrogens (tertiary/aromatic N) is 2. The van der Waals surface area contributed by atoms with Gasteiger partial charge < -0.3 is 15.8 Å². The van der Waals surface area contributed by atoms with Gasteiger partial charge in [-0.3, -0.25) is 13.9 Å². The van der Waals surface area contributed by atoms with E-state index in [2.05, 4.69) is 15.5 Å². The SMILES string of the molecule is COc1cc(N=Nc2ccc3cc(S(=O)(=O)O)cc(S(=O)(=O)O)c3c2)ccc1NC(=O)c1ccc(N)cc1. The number of benzene rings is 4. The summed E-state index contributed by atoms with van der Waals surface area (Å²) in [6.45, 7) is 0. The molecule has 0 bridgehead atoms. The molecule has 4 aromatic carbocycles. The Labute approximate surface area is 217 Å². The molecule has 0 saturated heterocycles. The maximum atomic E-state index is 12.5. The van der Waals surface area contributed by atoms with Crippen LogP contribution >= 0.6 is 0 Å². The van der Waals surface area contributed by atoms with Crippen LogP contribution in [0.15, 0.2) is 92.8 Å². The Bertz CT molecular complexity index is 1800. The fourth-order valence-electron chi connectivity index (χ4n) is 3.50. The highest BCUT2D eigenvalue weighted by molar-refractivity contribution is 7.86. The molecular formula is C24H20N4O8S2. The number of carbonyl (C=O) groups excluding carboxylic acids is 1. The van der Waals surface area contributed by atoms with E-state index in [9.17, 15) is 30.7 Å². The first-order valence-electron chi connectivity index (χ1n) is 10.6. The summed E-state index contributed by atoms with van der Waals surface area (Å²) in [5.74, 6) is -0.0733. The van der Waals surface area contributed by atoms with Crippen LogP contribution in [0.25, 0.3) is 10.8 Å². The topological polar surface area (TPSA) is 198 Å². The zero-order chi connectivity index (χ0) is 27.7. The molecule has 5 N–H and O–H groups in total. The van der Waals surface area contributed by atoms with Gasteiger partial charge in [0.05, 0.1) is 29.1 Å². The molecule has 38 heavy (non-hydrogen) atoms. The molecule has 0 unspecified atom stereocenters. The van der Waals surface area contributed by atoms with E-state index >= 15 is 0 Å². The first-order chi connectivity index (χ1) is 17.8. The molecule has 0 aliphatic carbocycles. The largest absolute Gasteiger partial charge is 0.494 e. The zero-order valence-electron chi connectivity index (χ0n) is 19.6. The number of azo groups is 1. The van der Waals surface area contributed by atoms with E-state index in [1.165, 1.54) is 31.4 Å². The summed E-state index contributed by atoms with van der Waals surface area (Å²) < 4.78 is 71.0. The summed E-state index contributed by atoms with van der Waals surface area (Å²) in [6.07, 6.45) is 0. The second kappa shape index (κ2) is 10.2. The minimum Gasteiger partial charge on any atom is -0.494 e. The minimum absolute atomic E-state index is 0.0327. The van der Waals surface area contributed by atoms with Crippen LogP contribution in [0.3, 0.4) is 0 Å². The van der Waals surface area contributed by atoms with Gasteiger partial charge in [0.15, 0.2) is 0 Å². The van der Waals surface area contributed by atoms with Crippen LogP contribution in [0.4, 0.5) is 22.7 Å². The van der Waals surface area contributed by atoms with Crippen molar-refractivity contribution in [1.29, 1.82) is 0 Å². The van der Waals surface area contributed by atoms with Gasteiger partial charge in [0.1, 0.15) is 10.6 Å². The summed E-state index contributed by atoms with van der Waals surface area (Å²) in [4.78, 5) is 11.1. The number of carbonyl (C=O) groups is 1. The van der Waals surface area contributed by atoms with Crippen LogP contribution in [-0.4, -0.2) is 39.0 Å². The highest BCUT2D eigenvalue weighted by Crippen LogP contribution is 2.33. The van der Waals surface area contributed by atoms with Gasteiger partial charge in [-0.1, -0.05) is 6.07 Å². The Hall–Kier alpha value is -4.37. The number of nitrogen functional groups attached to an aromatic ring is 1. The van der Waals surface area contributed by atoms with Gasteiger partial charge >= 0.3 is 0 Å². The highest BCUT2D eigenvalue weighted by atomic mass is 32.2. The molecule has 0 spiro atoms. The van der Waals surface area contributed by atoms with Gasteiger partial charge in [0.25, 0.3) is 26.1 Å². The number of hydrogen-bond acceptors (Lipinski definition) is 9. The van der Waals surface area contributed by atoms with Gasteiger partial charge in [-0.05, 0) is 66.0 Å². The Morgan fingerprint density at radius 2 is 1.47 bits per heavy atom. The van der Waals surface area contributed by atoms with E-state index in [0.717, 1.165) is 6.07 Å². The van der Waals surface area contributed by atoms with Crippen molar-refractivity contribution in [3.05, 3.63) is 78.4 Å². The summed E-state index contributed by atoms with van der Waals surface area (Å²) in [6, 6.07) is 16.8. The smallest absolute Gasteiger partial charge is 0.295 e. The molecule has 196 valence electrons. The first kappa shape index (κ1) is 26.7. The molecule has 0 aliphatic rings. The number of hydrogen-bond donors (Lipinski definition) is 4. The van der Waals surface area contributed by atoms with E-state index in [4.69, 9.17) is 10.5 Å². The van der Waals surface area contributed by atoms with Crippen molar-refractivity contribution in [3.63, 3.8) is 0 Å². The van der Waals surface area contributed by atoms with Crippen LogP contribution < -0.4 is 15.8 Å². The fraction of sp³-hybridized carbons (Fsp3) is 0.0417. The molecular weight excluding hydrogens is 536 g/mol. The molecule has 0 fully saturated rings. The van der Waals surface area contributed by atoms with Gasteiger partial charge in [-0.25, -0.2) is 0 Å². The molecule has 0 aliphatic heterocycles. The summed E-state index contributed by atoms with van der Waals surface area (Å²) >= 11 is 0. The lowest BCUT2D eigenvalue weighted by molar-refractivity contribution is 0.102. The lowest BCUT2D eigenvalue weighted by Crippen LogP contribution is -2.12. The molecule has 4 rings (SSSR count). The average Bonchev–Trinajstić information content (AvgIpc) is 2.86. The maximum absolute atomic E-state index is 12.5. The number of methoxy groups -OCH3 is 1. The second-order valence-corrected chi connectivity index (χ2v) is 10.7. The van der Waals surface area contributed by atoms with Crippen molar-refractivity contribution >= 4 is 59.7 Å². The lowest BCUT2D eigenvalue weighted by Gasteiger charge is -2.11. The van der Waals surface area contributed by atoms with Crippen molar-refractivity contribution in [1.82, 2.24) is 0 Å². The van der Waals surface area contributed by atoms with Gasteiger partial charge in [0.2, 0.25) is 0 Å². The molecule has 0 radical (unpaired) electrons. The minimum atomic E-state index is -4.85. The summed E-state index contributed by atoms with van der Waals surface area (Å²) in [5.41, 5.74) is 7.47. The second-order valence-electron chi connectivity index (χ2n) is 7.94. The number of ether oxygens (including phenoxy) is 1. The van der Waals surface area contributed by atoms with Crippen LogP contribution in [0, 0.1) is 0 Å². The zero-order valence-corrected chi connectivity index (χ0v) is 21.2. The maximum Gasteiger partial charge on any atom is 0.295 e. The van der Waals surface area contributed by atoms with Crippen molar-refractivity contribution in [2.75, 3.05) is 18.2 Å². The van der Waals surface area contributed by atoms with Crippen molar-refractivity contribution in [2.24, 2.45) is 10.2 Å². The molecule has 4 aromatic rings. The highest BCUT2D eigenvalue weighted by Gasteiger charge is 2.20. The van der Waals surface area contributed by atoms with Gasteiger partial charge in [-0.15, -0.1) is 0 Å². The normalized spacial score (nSPS) is 12.1. The van der Waals surface area contributed by atoms with E-state index < -0.39 is 30.0 Å². The number of nitrogens with two attached hydrogens (primary N) is 1. The molecule has 1 amide bonds. The summed E-state index contributed by atoms with van der Waals surface area (Å²) in [7, 11) is -8.16. The molecule has 0 aromatic heterocycles. The lowest BCUT2D eigenvalue weighted by atomic mass is 10.1. The van der Waals surface area contributed by atoms with Crippen LogP contribution in [0.5, 0.6) is 5.75 Å². The standard InChI is InChI=1S/C24H20N4O8S2/c1-36-22-12-18(8-9-21(22)26-24(29)14-2-5-16(25)6-3-14)28-27-17-7-4-15-10-19(37(30,31)32)13-23(20(15)11-17)38(33,34)35/h2-13H,25H2,1H3,(H,26,29)(H,30,31,32)(H,33,34,35). The Morgan fingerprint density at radius 1 is 0.842 bits per heavy atom. The molecule has 14 heteroatoms. The fourth-order valence-corrected chi connectivity index (χ4v) is 4.85. The Kier molecular flexibility index (Phi) is 7.15. The van der Waals surface area contributed by atoms with Crippen molar-refractivity contribution in [3.8, 4) is 5.75 Å². The predicted octanol–water partition coefficient (Wildman–Crippen LogP) is 4.59. The molecule has 0 saturated carbocycles. The van der Waals surface area contributed by atoms with E-state index in [1.807, 2.05) is 0 Å². The summed E-state index contributed by atoms with van der Waals surface area (Å²) in [5, 5.41) is 11.0. The van der Waals surface area contributed by atoms with Gasteiger partial charge in [-0.2, -0.15) is 27.1 Å². The number of anilines is 2. The molecule has 0 atom stereocenters. The van der Waals surface area contributed by atoms with E-state index in [0.29, 0.717) is 34.4 Å². The van der Waals surface area contributed by atoms with Crippen LogP contribution in [-0.2, 0) is 20.2 Å². The monoisotopic (exact) mass is 556 g/mol. The van der Waals surface area contributed by atoms with Crippen molar-refractivity contribution < 1.29 is 35.5 Å². The third-order valence-corrected chi connectivity index (χ3v) is 7.06. The number of amides is 1. The van der Waals surface area contributed by atoms with Crippen LogP contribution in [0.2, 0.25) is 0 Å². The number of rotatable bonds is 7. The van der Waals surface area contributed by atoms with Crippen molar-refractivity contribution in [2.45, 2.75) is 9.79 Å². The van der Waals surface area contributed by atoms with E-state index in [-0.39, 0.29) is 22.4 Å². The third-order valence-electron chi connectivity index (χ3n) is 5.34. The number of nitrogens with one attached hydrogen (secondary N) is 1. The van der Waals surface area contributed by atoms with E-state index in [1.54, 1.807) is 36.4 Å². The van der Waals surface area contributed by atoms with Gasteiger partial charge in [0, 0.05) is 22.7 Å². The van der Waals surface area contributed by atoms with Crippen LogP contribution in [0.1, 0.15) is 10.4 Å². The molecule has 12 nitrogen and oxygen atoms in total. The Morgan fingerprint density at radius 3 is 2.08 bits per heavy atom. The Balaban J connectivity index is 1.64. The number of fused-ring (bicyclic) bond motifs is 1. The predicted molar refractivity (Wildman–Crippen MR) is 140 cm³/mol. The molecule has 0 heterocycles. The quantitative estimate of drug-likeness (QED) is 0.143. The third kappa shape index (κ3) is 5.95. The average molecular weight is 557 g/mol. The first-order valence-corrected chi connectivity index (χ1v) is 13.5.